The Balaban J connectivity index is 2.29. The summed E-state index contributed by atoms with van der Waals surface area (Å²) in [4.78, 5) is 11.6. The number of aromatic nitrogens is 1. The van der Waals surface area contributed by atoms with Gasteiger partial charge in [0.25, 0.3) is 0 Å². The van der Waals surface area contributed by atoms with Gasteiger partial charge in [-0.1, -0.05) is 35.5 Å². The van der Waals surface area contributed by atoms with E-state index >= 15 is 0 Å². The van der Waals surface area contributed by atoms with Crippen molar-refractivity contribution in [1.82, 2.24) is 5.16 Å². The minimum atomic E-state index is -1.01. The Morgan fingerprint density at radius 1 is 1.44 bits per heavy atom. The standard InChI is InChI=1S/C13H13NO4/c1-2-17-13(16)10-8-18-14-11(10)12(15)9-6-4-3-5-7-9/h3-8,12,15H,2H2,1H3. The Bertz CT molecular complexity index is 521. The second-order valence-corrected chi connectivity index (χ2v) is 3.65. The van der Waals surface area contributed by atoms with Crippen molar-refractivity contribution in [3.8, 4) is 0 Å². The molecule has 0 amide bonds. The summed E-state index contributed by atoms with van der Waals surface area (Å²) in [6.07, 6.45) is 0.170. The number of aliphatic hydroxyl groups excluding tert-OH is 1. The molecule has 0 aliphatic heterocycles. The number of carbonyl (C=O) groups is 1. The van der Waals surface area contributed by atoms with E-state index in [1.54, 1.807) is 31.2 Å². The number of carbonyl (C=O) groups excluding carboxylic acids is 1. The molecular formula is C13H13NO4. The van der Waals surface area contributed by atoms with E-state index < -0.39 is 12.1 Å². The fourth-order valence-electron chi connectivity index (χ4n) is 1.60. The minimum absolute atomic E-state index is 0.146. The van der Waals surface area contributed by atoms with Gasteiger partial charge in [-0.05, 0) is 12.5 Å². The third kappa shape index (κ3) is 2.41. The Labute approximate surface area is 104 Å². The Kier molecular flexibility index (Phi) is 3.74. The van der Waals surface area contributed by atoms with E-state index in [-0.39, 0.29) is 17.9 Å². The number of rotatable bonds is 4. The number of hydrogen-bond donors (Lipinski definition) is 1. The molecule has 0 radical (unpaired) electrons. The van der Waals surface area contributed by atoms with Crippen molar-refractivity contribution >= 4 is 5.97 Å². The molecule has 5 nitrogen and oxygen atoms in total. The van der Waals surface area contributed by atoms with Crippen LogP contribution < -0.4 is 0 Å². The quantitative estimate of drug-likeness (QED) is 0.836. The molecule has 5 heteroatoms. The molecule has 0 spiro atoms. The van der Waals surface area contributed by atoms with Gasteiger partial charge in [0.1, 0.15) is 23.6 Å². The highest BCUT2D eigenvalue weighted by Gasteiger charge is 2.24. The van der Waals surface area contributed by atoms with Gasteiger partial charge in [-0.3, -0.25) is 0 Å². The van der Waals surface area contributed by atoms with Crippen LogP contribution in [0.25, 0.3) is 0 Å². The number of nitrogens with zero attached hydrogens (tertiary/aromatic N) is 1. The van der Waals surface area contributed by atoms with E-state index in [4.69, 9.17) is 9.26 Å². The van der Waals surface area contributed by atoms with Crippen LogP contribution in [0.3, 0.4) is 0 Å². The van der Waals surface area contributed by atoms with Crippen LogP contribution >= 0.6 is 0 Å². The van der Waals surface area contributed by atoms with Crippen molar-refractivity contribution in [2.75, 3.05) is 6.61 Å². The van der Waals surface area contributed by atoms with Crippen molar-refractivity contribution in [2.24, 2.45) is 0 Å². The highest BCUT2D eigenvalue weighted by molar-refractivity contribution is 5.90. The molecule has 1 atom stereocenters. The summed E-state index contributed by atoms with van der Waals surface area (Å²) in [5.74, 6) is -0.552. The zero-order valence-corrected chi connectivity index (χ0v) is 9.87. The molecule has 2 aromatic rings. The lowest BCUT2D eigenvalue weighted by Gasteiger charge is -2.09. The van der Waals surface area contributed by atoms with Crippen LogP contribution in [0.1, 0.15) is 34.6 Å². The third-order valence-electron chi connectivity index (χ3n) is 2.47. The van der Waals surface area contributed by atoms with Gasteiger partial charge in [0.05, 0.1) is 6.61 Å². The fraction of sp³-hybridized carbons (Fsp3) is 0.231. The van der Waals surface area contributed by atoms with Gasteiger partial charge < -0.3 is 14.4 Å². The number of hydrogen-bond acceptors (Lipinski definition) is 5. The first-order chi connectivity index (χ1) is 8.74. The van der Waals surface area contributed by atoms with E-state index in [0.29, 0.717) is 5.56 Å². The van der Waals surface area contributed by atoms with Gasteiger partial charge in [-0.2, -0.15) is 0 Å². The van der Waals surface area contributed by atoms with Crippen molar-refractivity contribution in [3.05, 3.63) is 53.4 Å². The molecule has 1 aromatic heterocycles. The van der Waals surface area contributed by atoms with Crippen molar-refractivity contribution in [1.29, 1.82) is 0 Å². The topological polar surface area (TPSA) is 72.6 Å². The average Bonchev–Trinajstić information content (AvgIpc) is 2.88. The van der Waals surface area contributed by atoms with E-state index in [0.717, 1.165) is 0 Å². The minimum Gasteiger partial charge on any atom is -0.462 e. The first kappa shape index (κ1) is 12.3. The summed E-state index contributed by atoms with van der Waals surface area (Å²) in [7, 11) is 0. The maximum atomic E-state index is 11.6. The van der Waals surface area contributed by atoms with Crippen LogP contribution in [0.5, 0.6) is 0 Å². The molecule has 1 N–H and O–H groups in total. The molecule has 0 aliphatic rings. The predicted molar refractivity (Wildman–Crippen MR) is 63.0 cm³/mol. The number of benzene rings is 1. The fourth-order valence-corrected chi connectivity index (χ4v) is 1.60. The molecule has 1 unspecified atom stereocenters. The van der Waals surface area contributed by atoms with Crippen LogP contribution in [0.4, 0.5) is 0 Å². The molecule has 1 aromatic carbocycles. The normalized spacial score (nSPS) is 12.1. The second kappa shape index (κ2) is 5.46. The van der Waals surface area contributed by atoms with Gasteiger partial charge in [0.2, 0.25) is 0 Å². The van der Waals surface area contributed by atoms with Gasteiger partial charge >= 0.3 is 5.97 Å². The molecule has 94 valence electrons. The summed E-state index contributed by atoms with van der Waals surface area (Å²) in [5.41, 5.74) is 0.949. The highest BCUT2D eigenvalue weighted by Crippen LogP contribution is 2.24. The molecule has 0 saturated carbocycles. The van der Waals surface area contributed by atoms with E-state index in [1.807, 2.05) is 6.07 Å². The van der Waals surface area contributed by atoms with Crippen LogP contribution in [0.2, 0.25) is 0 Å². The first-order valence-corrected chi connectivity index (χ1v) is 5.58. The number of aliphatic hydroxyl groups is 1. The lowest BCUT2D eigenvalue weighted by molar-refractivity contribution is 0.0520. The molecule has 0 fully saturated rings. The first-order valence-electron chi connectivity index (χ1n) is 5.58. The summed E-state index contributed by atoms with van der Waals surface area (Å²) in [6.45, 7) is 1.96. The molecule has 18 heavy (non-hydrogen) atoms. The largest absolute Gasteiger partial charge is 0.462 e. The smallest absolute Gasteiger partial charge is 0.343 e. The summed E-state index contributed by atoms with van der Waals surface area (Å²) in [5, 5.41) is 13.8. The molecular weight excluding hydrogens is 234 g/mol. The van der Waals surface area contributed by atoms with Crippen molar-refractivity contribution < 1.29 is 19.2 Å². The lowest BCUT2D eigenvalue weighted by atomic mass is 10.0. The van der Waals surface area contributed by atoms with Crippen LogP contribution in [-0.2, 0) is 4.74 Å². The van der Waals surface area contributed by atoms with Crippen LogP contribution in [0.15, 0.2) is 41.1 Å². The zero-order valence-electron chi connectivity index (χ0n) is 9.87. The van der Waals surface area contributed by atoms with Crippen LogP contribution in [0, 0.1) is 0 Å². The lowest BCUT2D eigenvalue weighted by Crippen LogP contribution is -2.10. The molecule has 0 aliphatic carbocycles. The summed E-state index contributed by atoms with van der Waals surface area (Å²) < 4.78 is 9.61. The predicted octanol–water partition coefficient (Wildman–Crippen LogP) is 1.93. The Morgan fingerprint density at radius 3 is 2.83 bits per heavy atom. The van der Waals surface area contributed by atoms with Gasteiger partial charge in [0, 0.05) is 0 Å². The molecule has 2 rings (SSSR count). The SMILES string of the molecule is CCOC(=O)c1conc1C(O)c1ccccc1. The third-order valence-corrected chi connectivity index (χ3v) is 2.47. The van der Waals surface area contributed by atoms with Gasteiger partial charge in [-0.15, -0.1) is 0 Å². The van der Waals surface area contributed by atoms with E-state index in [9.17, 15) is 9.90 Å². The monoisotopic (exact) mass is 247 g/mol. The maximum absolute atomic E-state index is 11.6. The highest BCUT2D eigenvalue weighted by atomic mass is 16.5. The van der Waals surface area contributed by atoms with Crippen LogP contribution in [-0.4, -0.2) is 22.8 Å². The van der Waals surface area contributed by atoms with Gasteiger partial charge in [0.15, 0.2) is 0 Å². The Hall–Kier alpha value is -2.14. The summed E-state index contributed by atoms with van der Waals surface area (Å²) in [6, 6.07) is 8.92. The Morgan fingerprint density at radius 2 is 2.17 bits per heavy atom. The number of ether oxygens (including phenoxy) is 1. The molecule has 0 saturated heterocycles. The molecule has 0 bridgehead atoms. The maximum Gasteiger partial charge on any atom is 0.343 e. The molecule has 1 heterocycles. The van der Waals surface area contributed by atoms with Crippen molar-refractivity contribution in [2.45, 2.75) is 13.0 Å². The van der Waals surface area contributed by atoms with E-state index in [1.165, 1.54) is 6.26 Å². The van der Waals surface area contributed by atoms with E-state index in [2.05, 4.69) is 5.16 Å². The zero-order chi connectivity index (χ0) is 13.0. The second-order valence-electron chi connectivity index (χ2n) is 3.65. The van der Waals surface area contributed by atoms with Gasteiger partial charge in [-0.25, -0.2) is 4.79 Å². The average molecular weight is 247 g/mol. The summed E-state index contributed by atoms with van der Waals surface area (Å²) >= 11 is 0. The number of esters is 1. The van der Waals surface area contributed by atoms with Crippen molar-refractivity contribution in [3.63, 3.8) is 0 Å².